The van der Waals surface area contributed by atoms with Crippen LogP contribution in [-0.2, 0) is 5.41 Å². The lowest BCUT2D eigenvalue weighted by Crippen LogP contribution is -2.22. The van der Waals surface area contributed by atoms with Crippen molar-refractivity contribution >= 4 is 27.8 Å². The van der Waals surface area contributed by atoms with Crippen LogP contribution in [0.4, 0.5) is 17.1 Å². The zero-order valence-electron chi connectivity index (χ0n) is 34.0. The highest BCUT2D eigenvalue weighted by atomic mass is 15.1. The van der Waals surface area contributed by atoms with Crippen molar-refractivity contribution in [2.45, 2.75) is 12.3 Å². The van der Waals surface area contributed by atoms with E-state index in [1.54, 1.807) is 0 Å². The van der Waals surface area contributed by atoms with Crippen molar-refractivity contribution in [1.29, 1.82) is 0 Å². The molecule has 10 aromatic rings. The fraction of sp³-hybridized carbons (Fsp3) is 0.0333. The Morgan fingerprint density at radius 1 is 0.328 bits per heavy atom. The Balaban J connectivity index is 1.09. The van der Waals surface area contributed by atoms with Gasteiger partial charge in [0, 0.05) is 22.4 Å². The predicted molar refractivity (Wildman–Crippen MR) is 258 cm³/mol. The number of hydrogen-bond donors (Lipinski definition) is 0. The van der Waals surface area contributed by atoms with Gasteiger partial charge in [-0.2, -0.15) is 0 Å². The average Bonchev–Trinajstić information content (AvgIpc) is 3.61. The van der Waals surface area contributed by atoms with E-state index in [4.69, 9.17) is 0 Å². The van der Waals surface area contributed by atoms with Crippen LogP contribution in [0.3, 0.4) is 0 Å². The van der Waals surface area contributed by atoms with E-state index in [0.717, 1.165) is 17.1 Å². The summed E-state index contributed by atoms with van der Waals surface area (Å²) < 4.78 is 0. The first kappa shape index (κ1) is 36.3. The van der Waals surface area contributed by atoms with Gasteiger partial charge < -0.3 is 4.90 Å². The van der Waals surface area contributed by atoms with Crippen LogP contribution >= 0.6 is 0 Å². The molecule has 1 heteroatoms. The van der Waals surface area contributed by atoms with E-state index < -0.39 is 0 Å². The van der Waals surface area contributed by atoms with Crippen LogP contribution in [0.2, 0.25) is 0 Å². The summed E-state index contributed by atoms with van der Waals surface area (Å²) in [4.78, 5) is 2.48. The van der Waals surface area contributed by atoms with Gasteiger partial charge in [-0.25, -0.2) is 0 Å². The van der Waals surface area contributed by atoms with Crippen LogP contribution in [0, 0.1) is 0 Å². The maximum atomic E-state index is 2.48. The number of anilines is 3. The van der Waals surface area contributed by atoms with Crippen LogP contribution in [-0.4, -0.2) is 0 Å². The standard InChI is InChI=1S/C60H43N/c1-60(48-24-6-3-7-25-48)56-33-13-12-31-55(56)59-57(60)34-17-35-58(59)61(50-27-15-23-47(41-50)54-30-11-10-29-52(54)43-18-4-2-5-19-43)49-26-14-22-46(40-49)42-36-38-45(39-37-42)53-32-16-21-44-20-8-9-28-51(44)53/h2-41H,1H3. The highest BCUT2D eigenvalue weighted by molar-refractivity contribution is 5.98. The Kier molecular flexibility index (Phi) is 9.02. The Bertz CT molecular complexity index is 3190. The first-order valence-corrected chi connectivity index (χ1v) is 21.2. The van der Waals surface area contributed by atoms with E-state index in [9.17, 15) is 0 Å². The Labute approximate surface area is 358 Å². The lowest BCUT2D eigenvalue weighted by atomic mass is 9.74. The Hall–Kier alpha value is -7.74. The number of fused-ring (bicyclic) bond motifs is 4. The third-order valence-corrected chi connectivity index (χ3v) is 12.8. The van der Waals surface area contributed by atoms with Gasteiger partial charge in [0.05, 0.1) is 5.69 Å². The second-order valence-electron chi connectivity index (χ2n) is 16.2. The zero-order valence-corrected chi connectivity index (χ0v) is 34.0. The molecule has 0 radical (unpaired) electrons. The van der Waals surface area contributed by atoms with Crippen molar-refractivity contribution in [2.24, 2.45) is 0 Å². The van der Waals surface area contributed by atoms with Crippen LogP contribution in [0.15, 0.2) is 243 Å². The summed E-state index contributed by atoms with van der Waals surface area (Å²) in [6.45, 7) is 2.39. The van der Waals surface area contributed by atoms with Gasteiger partial charge in [0.1, 0.15) is 0 Å². The molecule has 0 heterocycles. The van der Waals surface area contributed by atoms with Crippen molar-refractivity contribution in [3.8, 4) is 55.6 Å². The van der Waals surface area contributed by atoms with E-state index in [2.05, 4.69) is 254 Å². The minimum absolute atomic E-state index is 0.320. The fourth-order valence-corrected chi connectivity index (χ4v) is 9.78. The minimum atomic E-state index is -0.320. The first-order chi connectivity index (χ1) is 30.1. The van der Waals surface area contributed by atoms with Gasteiger partial charge in [-0.15, -0.1) is 0 Å². The molecule has 1 atom stereocenters. The van der Waals surface area contributed by atoms with E-state index in [1.807, 2.05) is 0 Å². The van der Waals surface area contributed by atoms with Gasteiger partial charge in [-0.1, -0.05) is 212 Å². The summed E-state index contributed by atoms with van der Waals surface area (Å²) in [5.74, 6) is 0. The third-order valence-electron chi connectivity index (χ3n) is 12.8. The molecule has 1 nitrogen and oxygen atoms in total. The number of benzene rings is 10. The predicted octanol–water partition coefficient (Wildman–Crippen LogP) is 16.3. The van der Waals surface area contributed by atoms with Crippen LogP contribution in [0.25, 0.3) is 66.4 Å². The summed E-state index contributed by atoms with van der Waals surface area (Å²) in [6.07, 6.45) is 0. The topological polar surface area (TPSA) is 3.24 Å². The van der Waals surface area contributed by atoms with Crippen LogP contribution < -0.4 is 4.90 Å². The average molecular weight is 778 g/mol. The van der Waals surface area contributed by atoms with Crippen LogP contribution in [0.5, 0.6) is 0 Å². The SMILES string of the molecule is CC1(c2ccccc2)c2ccccc2-c2c(N(c3cccc(-c4ccc(-c5cccc6ccccc56)cc4)c3)c3cccc(-c4ccccc4-c4ccccc4)c3)cccc21. The maximum absolute atomic E-state index is 2.48. The van der Waals surface area contributed by atoms with Crippen molar-refractivity contribution in [3.63, 3.8) is 0 Å². The molecule has 0 fully saturated rings. The molecule has 1 aliphatic carbocycles. The summed E-state index contributed by atoms with van der Waals surface area (Å²) in [5, 5.41) is 2.52. The first-order valence-electron chi connectivity index (χ1n) is 21.2. The molecule has 0 saturated heterocycles. The lowest BCUT2D eigenvalue weighted by Gasteiger charge is -2.31. The molecule has 0 aliphatic heterocycles. The number of hydrogen-bond acceptors (Lipinski definition) is 1. The summed E-state index contributed by atoms with van der Waals surface area (Å²) in [6, 6.07) is 88.7. The maximum Gasteiger partial charge on any atom is 0.0543 e. The molecule has 0 N–H and O–H groups in total. The fourth-order valence-electron chi connectivity index (χ4n) is 9.78. The molecule has 10 aromatic carbocycles. The molecule has 1 unspecified atom stereocenters. The van der Waals surface area contributed by atoms with Crippen molar-refractivity contribution in [2.75, 3.05) is 4.90 Å². The second-order valence-corrected chi connectivity index (χ2v) is 16.2. The molecule has 0 aromatic heterocycles. The highest BCUT2D eigenvalue weighted by Gasteiger charge is 2.42. The Morgan fingerprint density at radius 3 is 1.59 bits per heavy atom. The normalized spacial score (nSPS) is 14.0. The smallest absolute Gasteiger partial charge is 0.0543 e. The van der Waals surface area contributed by atoms with E-state index in [0.29, 0.717) is 0 Å². The van der Waals surface area contributed by atoms with Crippen molar-refractivity contribution in [1.82, 2.24) is 0 Å². The molecular weight excluding hydrogens is 735 g/mol. The number of rotatable bonds is 8. The van der Waals surface area contributed by atoms with Gasteiger partial charge >= 0.3 is 0 Å². The Morgan fingerprint density at radius 2 is 0.820 bits per heavy atom. The quantitative estimate of drug-likeness (QED) is 0.149. The van der Waals surface area contributed by atoms with Gasteiger partial charge in [-0.3, -0.25) is 0 Å². The van der Waals surface area contributed by atoms with Crippen molar-refractivity contribution in [3.05, 3.63) is 259 Å². The minimum Gasteiger partial charge on any atom is -0.310 e. The largest absolute Gasteiger partial charge is 0.310 e. The van der Waals surface area contributed by atoms with E-state index in [1.165, 1.54) is 83.1 Å². The molecule has 0 amide bonds. The van der Waals surface area contributed by atoms with Crippen LogP contribution in [0.1, 0.15) is 23.6 Å². The summed E-state index contributed by atoms with van der Waals surface area (Å²) in [5.41, 5.74) is 19.1. The van der Waals surface area contributed by atoms with Gasteiger partial charge in [-0.05, 0) is 115 Å². The molecule has 0 bridgehead atoms. The summed E-state index contributed by atoms with van der Waals surface area (Å²) >= 11 is 0. The van der Waals surface area contributed by atoms with Gasteiger partial charge in [0.15, 0.2) is 0 Å². The monoisotopic (exact) mass is 777 g/mol. The third kappa shape index (κ3) is 6.26. The number of nitrogens with zero attached hydrogens (tertiary/aromatic N) is 1. The molecular formula is C60H43N. The molecule has 61 heavy (non-hydrogen) atoms. The van der Waals surface area contributed by atoms with Gasteiger partial charge in [0.2, 0.25) is 0 Å². The molecule has 1 aliphatic rings. The molecule has 288 valence electrons. The zero-order chi connectivity index (χ0) is 40.8. The lowest BCUT2D eigenvalue weighted by molar-refractivity contribution is 0.714. The molecule has 0 spiro atoms. The molecule has 0 saturated carbocycles. The highest BCUT2D eigenvalue weighted by Crippen LogP contribution is 2.57. The molecule has 11 rings (SSSR count). The van der Waals surface area contributed by atoms with Gasteiger partial charge in [0.25, 0.3) is 0 Å². The second kappa shape index (κ2) is 15.1. The van der Waals surface area contributed by atoms with E-state index >= 15 is 0 Å². The summed E-state index contributed by atoms with van der Waals surface area (Å²) in [7, 11) is 0. The van der Waals surface area contributed by atoms with Crippen molar-refractivity contribution < 1.29 is 0 Å². The van der Waals surface area contributed by atoms with E-state index in [-0.39, 0.29) is 5.41 Å².